The Balaban J connectivity index is 2.40. The molecule has 0 saturated carbocycles. The molecule has 1 heterocycles. The zero-order valence-corrected chi connectivity index (χ0v) is 12.1. The summed E-state index contributed by atoms with van der Waals surface area (Å²) in [5.74, 6) is -0.161. The third-order valence-electron chi connectivity index (χ3n) is 2.89. The van der Waals surface area contributed by atoms with E-state index < -0.39 is 0 Å². The molecule has 1 amide bonds. The normalized spacial score (nSPS) is 10.8. The monoisotopic (exact) mass is 272 g/mol. The summed E-state index contributed by atoms with van der Waals surface area (Å²) in [4.78, 5) is 12.2. The Kier molecular flexibility index (Phi) is 4.50. The van der Waals surface area contributed by atoms with Crippen LogP contribution in [0.5, 0.6) is 0 Å². The van der Waals surface area contributed by atoms with E-state index in [0.29, 0.717) is 5.69 Å². The highest BCUT2D eigenvalue weighted by Crippen LogP contribution is 2.14. The Morgan fingerprint density at radius 2 is 2.00 bits per heavy atom. The van der Waals surface area contributed by atoms with Crippen LogP contribution >= 0.6 is 0 Å². The van der Waals surface area contributed by atoms with Crippen LogP contribution in [0.25, 0.3) is 5.69 Å². The molecule has 5 heteroatoms. The van der Waals surface area contributed by atoms with Gasteiger partial charge < -0.3 is 5.32 Å². The molecule has 0 saturated heterocycles. The number of carbonyl (C=O) groups excluding carboxylic acids is 1. The number of amides is 1. The van der Waals surface area contributed by atoms with Gasteiger partial charge in [0.25, 0.3) is 5.91 Å². The number of carbonyl (C=O) groups is 1. The van der Waals surface area contributed by atoms with Crippen molar-refractivity contribution in [3.05, 3.63) is 41.7 Å². The lowest BCUT2D eigenvalue weighted by atomic mass is 10.2. The SMILES string of the molecule is CCCc1c(C(=O)NC(C)C)nnn1-c1ccccc1. The van der Waals surface area contributed by atoms with E-state index >= 15 is 0 Å². The molecule has 0 aliphatic carbocycles. The van der Waals surface area contributed by atoms with E-state index in [2.05, 4.69) is 22.6 Å². The molecule has 2 rings (SSSR count). The average molecular weight is 272 g/mol. The fourth-order valence-electron chi connectivity index (χ4n) is 2.05. The number of para-hydroxylation sites is 1. The van der Waals surface area contributed by atoms with Gasteiger partial charge in [-0.25, -0.2) is 4.68 Å². The first-order valence-electron chi connectivity index (χ1n) is 6.94. The Morgan fingerprint density at radius 1 is 1.30 bits per heavy atom. The molecule has 1 N–H and O–H groups in total. The molecule has 2 aromatic rings. The van der Waals surface area contributed by atoms with E-state index in [1.165, 1.54) is 0 Å². The van der Waals surface area contributed by atoms with Gasteiger partial charge in [-0.3, -0.25) is 4.79 Å². The third kappa shape index (κ3) is 3.04. The molecule has 20 heavy (non-hydrogen) atoms. The van der Waals surface area contributed by atoms with Crippen molar-refractivity contribution < 1.29 is 4.79 Å². The minimum atomic E-state index is -0.161. The van der Waals surface area contributed by atoms with Gasteiger partial charge in [0.15, 0.2) is 5.69 Å². The number of aromatic nitrogens is 3. The molecule has 0 spiro atoms. The zero-order valence-electron chi connectivity index (χ0n) is 12.1. The molecule has 0 aliphatic heterocycles. The zero-order chi connectivity index (χ0) is 14.5. The smallest absolute Gasteiger partial charge is 0.273 e. The van der Waals surface area contributed by atoms with E-state index in [-0.39, 0.29) is 11.9 Å². The van der Waals surface area contributed by atoms with Crippen LogP contribution in [0.3, 0.4) is 0 Å². The molecule has 5 nitrogen and oxygen atoms in total. The van der Waals surface area contributed by atoms with Gasteiger partial charge in [-0.05, 0) is 32.4 Å². The van der Waals surface area contributed by atoms with E-state index in [0.717, 1.165) is 24.2 Å². The number of benzene rings is 1. The summed E-state index contributed by atoms with van der Waals surface area (Å²) in [6, 6.07) is 9.84. The second kappa shape index (κ2) is 6.32. The predicted molar refractivity (Wildman–Crippen MR) is 78.0 cm³/mol. The summed E-state index contributed by atoms with van der Waals surface area (Å²) in [6.45, 7) is 5.94. The molecular formula is C15H20N4O. The van der Waals surface area contributed by atoms with Crippen LogP contribution in [0.1, 0.15) is 43.4 Å². The first-order chi connectivity index (χ1) is 9.63. The largest absolute Gasteiger partial charge is 0.348 e. The lowest BCUT2D eigenvalue weighted by Gasteiger charge is -2.09. The van der Waals surface area contributed by atoms with E-state index in [1.807, 2.05) is 44.2 Å². The molecule has 106 valence electrons. The maximum absolute atomic E-state index is 12.2. The highest BCUT2D eigenvalue weighted by atomic mass is 16.2. The van der Waals surface area contributed by atoms with Crippen molar-refractivity contribution in [3.8, 4) is 5.69 Å². The molecule has 0 atom stereocenters. The summed E-state index contributed by atoms with van der Waals surface area (Å²) < 4.78 is 1.75. The first-order valence-corrected chi connectivity index (χ1v) is 6.94. The van der Waals surface area contributed by atoms with Gasteiger partial charge in [0.05, 0.1) is 11.4 Å². The van der Waals surface area contributed by atoms with Crippen LogP contribution in [0.4, 0.5) is 0 Å². The van der Waals surface area contributed by atoms with Gasteiger partial charge >= 0.3 is 0 Å². The Bertz CT molecular complexity index is 575. The quantitative estimate of drug-likeness (QED) is 0.909. The van der Waals surface area contributed by atoms with Gasteiger partial charge in [0, 0.05) is 6.04 Å². The number of hydrogen-bond donors (Lipinski definition) is 1. The maximum Gasteiger partial charge on any atom is 0.273 e. The molecule has 0 unspecified atom stereocenters. The van der Waals surface area contributed by atoms with Gasteiger partial charge in [-0.2, -0.15) is 0 Å². The Hall–Kier alpha value is -2.17. The van der Waals surface area contributed by atoms with Crippen molar-refractivity contribution in [3.63, 3.8) is 0 Å². The second-order valence-corrected chi connectivity index (χ2v) is 5.01. The molecule has 0 bridgehead atoms. The van der Waals surface area contributed by atoms with Crippen LogP contribution in [-0.2, 0) is 6.42 Å². The Morgan fingerprint density at radius 3 is 2.60 bits per heavy atom. The summed E-state index contributed by atoms with van der Waals surface area (Å²) in [6.07, 6.45) is 1.70. The summed E-state index contributed by atoms with van der Waals surface area (Å²) in [5, 5.41) is 11.1. The molecule has 0 fully saturated rings. The van der Waals surface area contributed by atoms with Crippen LogP contribution in [0.15, 0.2) is 30.3 Å². The number of rotatable bonds is 5. The highest BCUT2D eigenvalue weighted by molar-refractivity contribution is 5.93. The van der Waals surface area contributed by atoms with Crippen LogP contribution in [-0.4, -0.2) is 26.9 Å². The molecular weight excluding hydrogens is 252 g/mol. The lowest BCUT2D eigenvalue weighted by Crippen LogP contribution is -2.31. The minimum absolute atomic E-state index is 0.0823. The van der Waals surface area contributed by atoms with Crippen molar-refractivity contribution in [1.29, 1.82) is 0 Å². The van der Waals surface area contributed by atoms with Crippen LogP contribution in [0.2, 0.25) is 0 Å². The van der Waals surface area contributed by atoms with Gasteiger partial charge in [-0.15, -0.1) is 5.10 Å². The highest BCUT2D eigenvalue weighted by Gasteiger charge is 2.20. The summed E-state index contributed by atoms with van der Waals surface area (Å²) in [5.41, 5.74) is 2.20. The Labute approximate surface area is 119 Å². The topological polar surface area (TPSA) is 59.8 Å². The van der Waals surface area contributed by atoms with Crippen LogP contribution in [0, 0.1) is 0 Å². The average Bonchev–Trinajstić information content (AvgIpc) is 2.83. The fraction of sp³-hybridized carbons (Fsp3) is 0.400. The predicted octanol–water partition coefficient (Wildman–Crippen LogP) is 2.36. The first kappa shape index (κ1) is 14.2. The van der Waals surface area contributed by atoms with Crippen molar-refractivity contribution in [2.75, 3.05) is 0 Å². The van der Waals surface area contributed by atoms with Crippen molar-refractivity contribution in [1.82, 2.24) is 20.3 Å². The van der Waals surface area contributed by atoms with E-state index in [1.54, 1.807) is 4.68 Å². The number of hydrogen-bond acceptors (Lipinski definition) is 3. The van der Waals surface area contributed by atoms with E-state index in [9.17, 15) is 4.79 Å². The molecule has 1 aromatic carbocycles. The van der Waals surface area contributed by atoms with Gasteiger partial charge in [-0.1, -0.05) is 36.8 Å². The minimum Gasteiger partial charge on any atom is -0.348 e. The summed E-state index contributed by atoms with van der Waals surface area (Å²) >= 11 is 0. The number of nitrogens with zero attached hydrogens (tertiary/aromatic N) is 3. The number of nitrogens with one attached hydrogen (secondary N) is 1. The van der Waals surface area contributed by atoms with Gasteiger partial charge in [0.1, 0.15) is 0 Å². The van der Waals surface area contributed by atoms with Crippen LogP contribution < -0.4 is 5.32 Å². The maximum atomic E-state index is 12.2. The van der Waals surface area contributed by atoms with Crippen molar-refractivity contribution in [2.45, 2.75) is 39.7 Å². The fourth-order valence-corrected chi connectivity index (χ4v) is 2.05. The summed E-state index contributed by atoms with van der Waals surface area (Å²) in [7, 11) is 0. The molecule has 0 radical (unpaired) electrons. The lowest BCUT2D eigenvalue weighted by molar-refractivity contribution is 0.0937. The van der Waals surface area contributed by atoms with E-state index in [4.69, 9.17) is 0 Å². The molecule has 1 aromatic heterocycles. The second-order valence-electron chi connectivity index (χ2n) is 5.01. The standard InChI is InChI=1S/C15H20N4O/c1-4-8-13-14(15(20)16-11(2)3)17-18-19(13)12-9-6-5-7-10-12/h5-7,9-11H,4,8H2,1-3H3,(H,16,20). The third-order valence-corrected chi connectivity index (χ3v) is 2.89. The van der Waals surface area contributed by atoms with Crippen molar-refractivity contribution >= 4 is 5.91 Å². The van der Waals surface area contributed by atoms with Crippen molar-refractivity contribution in [2.24, 2.45) is 0 Å². The van der Waals surface area contributed by atoms with Gasteiger partial charge in [0.2, 0.25) is 0 Å². The molecule has 0 aliphatic rings.